The van der Waals surface area contributed by atoms with E-state index in [2.05, 4.69) is 51.3 Å². The number of hydrogen-bond donors (Lipinski definition) is 0. The fourth-order valence-corrected chi connectivity index (χ4v) is 1.54. The topological polar surface area (TPSA) is 0 Å². The Hall–Kier alpha value is -1.08. The molecule has 0 amide bonds. The first-order valence-electron chi connectivity index (χ1n) is 4.87. The van der Waals surface area contributed by atoms with Crippen molar-refractivity contribution in [2.45, 2.75) is 18.9 Å². The molecule has 0 radical (unpaired) electrons. The molecule has 1 aromatic carbocycles. The van der Waals surface area contributed by atoms with E-state index in [0.29, 0.717) is 0 Å². The summed E-state index contributed by atoms with van der Waals surface area (Å²) < 4.78 is 0. The fraction of sp³-hybridized carbons (Fsp3) is 0.231. The molecule has 1 heteroatoms. The molecular formula is C13H18Si. The summed E-state index contributed by atoms with van der Waals surface area (Å²) in [5.74, 6) is 0. The van der Waals surface area contributed by atoms with Crippen LogP contribution in [-0.4, -0.2) is 10.2 Å². The van der Waals surface area contributed by atoms with Gasteiger partial charge in [0.25, 0.3) is 0 Å². The van der Waals surface area contributed by atoms with E-state index in [1.165, 1.54) is 11.1 Å². The molecule has 0 bridgehead atoms. The molecule has 74 valence electrons. The summed E-state index contributed by atoms with van der Waals surface area (Å²) in [4.78, 5) is 0. The van der Waals surface area contributed by atoms with Gasteiger partial charge in [0.05, 0.1) is 0 Å². The van der Waals surface area contributed by atoms with Crippen LogP contribution in [0.2, 0.25) is 5.04 Å². The lowest BCUT2D eigenvalue weighted by Crippen LogP contribution is -2.04. The third kappa shape index (κ3) is 2.45. The van der Waals surface area contributed by atoms with E-state index < -0.39 is 0 Å². The molecule has 0 nitrogen and oxygen atoms in total. The van der Waals surface area contributed by atoms with Crippen LogP contribution in [-0.2, 0) is 0 Å². The van der Waals surface area contributed by atoms with Gasteiger partial charge in [-0.3, -0.25) is 0 Å². The van der Waals surface area contributed by atoms with Crippen LogP contribution in [0.5, 0.6) is 0 Å². The smallest absolute Gasteiger partial charge is 0.0155 e. The van der Waals surface area contributed by atoms with Crippen molar-refractivity contribution in [3.8, 4) is 0 Å². The van der Waals surface area contributed by atoms with Gasteiger partial charge in [0, 0.05) is 10.2 Å². The van der Waals surface area contributed by atoms with Gasteiger partial charge in [-0.15, -0.1) is 0 Å². The molecule has 0 heterocycles. The molecule has 0 aromatic heterocycles. The summed E-state index contributed by atoms with van der Waals surface area (Å²) in [6, 6.07) is 8.42. The summed E-state index contributed by atoms with van der Waals surface area (Å²) >= 11 is 0. The van der Waals surface area contributed by atoms with Crippen LogP contribution >= 0.6 is 0 Å². The summed E-state index contributed by atoms with van der Waals surface area (Å²) in [7, 11) is 1.13. The Morgan fingerprint density at radius 2 is 1.79 bits per heavy atom. The Morgan fingerprint density at radius 3 is 2.14 bits per heavy atom. The SMILES string of the molecule is C=Cc1ccc(C(=C)C(C)(C)[SiH3])cc1. The van der Waals surface area contributed by atoms with Gasteiger partial charge in [0.1, 0.15) is 0 Å². The van der Waals surface area contributed by atoms with E-state index in [0.717, 1.165) is 15.8 Å². The third-order valence-corrected chi connectivity index (χ3v) is 3.00. The second-order valence-corrected chi connectivity index (χ2v) is 7.05. The first kappa shape index (κ1) is 11.0. The van der Waals surface area contributed by atoms with Crippen LogP contribution in [0.1, 0.15) is 25.0 Å². The van der Waals surface area contributed by atoms with Crippen molar-refractivity contribution in [1.29, 1.82) is 0 Å². The second kappa shape index (κ2) is 3.97. The maximum absolute atomic E-state index is 4.16. The zero-order valence-corrected chi connectivity index (χ0v) is 11.3. The van der Waals surface area contributed by atoms with Crippen molar-refractivity contribution in [3.05, 3.63) is 48.6 Å². The highest BCUT2D eigenvalue weighted by atomic mass is 28.1. The van der Waals surface area contributed by atoms with Gasteiger partial charge in [-0.1, -0.05) is 57.3 Å². The lowest BCUT2D eigenvalue weighted by molar-refractivity contribution is 0.886. The van der Waals surface area contributed by atoms with E-state index in [-0.39, 0.29) is 5.04 Å². The van der Waals surface area contributed by atoms with Crippen molar-refractivity contribution in [2.24, 2.45) is 0 Å². The van der Waals surface area contributed by atoms with Gasteiger partial charge in [-0.05, 0) is 21.7 Å². The highest BCUT2D eigenvalue weighted by Crippen LogP contribution is 2.36. The lowest BCUT2D eigenvalue weighted by Gasteiger charge is -2.22. The van der Waals surface area contributed by atoms with Crippen molar-refractivity contribution in [3.63, 3.8) is 0 Å². The van der Waals surface area contributed by atoms with E-state index in [1.807, 2.05) is 6.08 Å². The predicted octanol–water partition coefficient (Wildman–Crippen LogP) is 2.91. The molecule has 0 atom stereocenters. The van der Waals surface area contributed by atoms with Crippen molar-refractivity contribution in [1.82, 2.24) is 0 Å². The number of benzene rings is 1. The molecule has 0 aliphatic rings. The maximum atomic E-state index is 4.16. The normalized spacial score (nSPS) is 11.3. The molecule has 0 N–H and O–H groups in total. The molecule has 0 unspecified atom stereocenters. The number of hydrogen-bond acceptors (Lipinski definition) is 0. The number of rotatable bonds is 3. The molecule has 0 fully saturated rings. The van der Waals surface area contributed by atoms with Gasteiger partial charge in [0.2, 0.25) is 0 Å². The zero-order chi connectivity index (χ0) is 10.8. The van der Waals surface area contributed by atoms with Crippen molar-refractivity contribution < 1.29 is 0 Å². The highest BCUT2D eigenvalue weighted by molar-refractivity contribution is 6.21. The summed E-state index contributed by atoms with van der Waals surface area (Å²) in [5.41, 5.74) is 3.64. The van der Waals surface area contributed by atoms with Crippen molar-refractivity contribution in [2.75, 3.05) is 0 Å². The average Bonchev–Trinajstić information content (AvgIpc) is 2.15. The third-order valence-electron chi connectivity index (χ3n) is 2.40. The largest absolute Gasteiger partial charge is 0.0985 e. The Kier molecular flexibility index (Phi) is 3.12. The number of allylic oxidation sites excluding steroid dienone is 1. The fourth-order valence-electron chi connectivity index (χ4n) is 1.25. The molecule has 0 spiro atoms. The van der Waals surface area contributed by atoms with Gasteiger partial charge in [-0.25, -0.2) is 0 Å². The lowest BCUT2D eigenvalue weighted by atomic mass is 9.95. The van der Waals surface area contributed by atoms with Crippen LogP contribution in [0, 0.1) is 0 Å². The van der Waals surface area contributed by atoms with Gasteiger partial charge in [-0.2, -0.15) is 0 Å². The van der Waals surface area contributed by atoms with Crippen LogP contribution in [0.15, 0.2) is 37.4 Å². The Morgan fingerprint density at radius 1 is 1.29 bits per heavy atom. The molecule has 1 aromatic rings. The minimum atomic E-state index is 0.274. The second-order valence-electron chi connectivity index (χ2n) is 4.55. The molecule has 0 saturated carbocycles. The minimum absolute atomic E-state index is 0.274. The Labute approximate surface area is 89.8 Å². The summed E-state index contributed by atoms with van der Waals surface area (Å²) in [6.07, 6.45) is 1.86. The van der Waals surface area contributed by atoms with Gasteiger partial charge in [0.15, 0.2) is 0 Å². The Bertz CT molecular complexity index is 338. The van der Waals surface area contributed by atoms with E-state index in [9.17, 15) is 0 Å². The van der Waals surface area contributed by atoms with E-state index in [4.69, 9.17) is 0 Å². The van der Waals surface area contributed by atoms with E-state index >= 15 is 0 Å². The zero-order valence-electron chi connectivity index (χ0n) is 9.30. The summed E-state index contributed by atoms with van der Waals surface area (Å²) in [6.45, 7) is 12.4. The Balaban J connectivity index is 2.98. The van der Waals surface area contributed by atoms with Gasteiger partial charge < -0.3 is 0 Å². The minimum Gasteiger partial charge on any atom is -0.0985 e. The highest BCUT2D eigenvalue weighted by Gasteiger charge is 2.15. The first-order valence-corrected chi connectivity index (χ1v) is 5.87. The molecule has 14 heavy (non-hydrogen) atoms. The van der Waals surface area contributed by atoms with Crippen LogP contribution in [0.3, 0.4) is 0 Å². The van der Waals surface area contributed by atoms with Crippen molar-refractivity contribution >= 4 is 21.9 Å². The standard InChI is InChI=1S/C13H18Si/c1-5-11-6-8-12(9-7-11)10(2)13(3,4)14/h5-9H,1-2H2,3-4,14H3. The summed E-state index contributed by atoms with van der Waals surface area (Å²) in [5, 5.41) is 0.274. The quantitative estimate of drug-likeness (QED) is 0.661. The van der Waals surface area contributed by atoms with Crippen LogP contribution in [0.4, 0.5) is 0 Å². The first-order chi connectivity index (χ1) is 6.45. The van der Waals surface area contributed by atoms with Crippen LogP contribution < -0.4 is 0 Å². The van der Waals surface area contributed by atoms with Crippen LogP contribution in [0.25, 0.3) is 11.6 Å². The molecular weight excluding hydrogens is 184 g/mol. The van der Waals surface area contributed by atoms with Gasteiger partial charge >= 0.3 is 0 Å². The molecule has 0 saturated heterocycles. The van der Waals surface area contributed by atoms with E-state index in [1.54, 1.807) is 0 Å². The molecule has 0 aliphatic carbocycles. The average molecular weight is 202 g/mol. The monoisotopic (exact) mass is 202 g/mol. The molecule has 1 rings (SSSR count). The predicted molar refractivity (Wildman–Crippen MR) is 69.5 cm³/mol. The molecule has 0 aliphatic heterocycles. The maximum Gasteiger partial charge on any atom is 0.0155 e.